The molecule has 0 saturated carbocycles. The summed E-state index contributed by atoms with van der Waals surface area (Å²) in [6, 6.07) is 7.71. The molecule has 1 saturated heterocycles. The molecule has 1 fully saturated rings. The number of rotatable bonds is 6. The van der Waals surface area contributed by atoms with Gasteiger partial charge in [0.2, 0.25) is 0 Å². The van der Waals surface area contributed by atoms with Crippen molar-refractivity contribution >= 4 is 11.9 Å². The quantitative estimate of drug-likeness (QED) is 0.480. The molecule has 0 unspecified atom stereocenters. The van der Waals surface area contributed by atoms with E-state index in [9.17, 15) is 4.79 Å². The molecule has 1 aromatic carbocycles. The van der Waals surface area contributed by atoms with E-state index in [0.29, 0.717) is 28.1 Å². The number of piperidine rings is 1. The smallest absolute Gasteiger partial charge is 0.410 e. The number of ether oxygens (including phenoxy) is 3. The SMILES string of the molecule is COCOc1ccccc1-c1cc(-c2cnn([C@@H]3CCN(C(=O)OC(C)(C)C)CC3(F)F)c2)c(N)nn1. The molecule has 2 aromatic heterocycles. The predicted molar refractivity (Wildman–Crippen MR) is 132 cm³/mol. The van der Waals surface area contributed by atoms with Crippen molar-refractivity contribution in [3.05, 3.63) is 42.7 Å². The number of amides is 1. The average Bonchev–Trinajstić information content (AvgIpc) is 3.31. The summed E-state index contributed by atoms with van der Waals surface area (Å²) in [6.45, 7) is 4.49. The van der Waals surface area contributed by atoms with Crippen molar-refractivity contribution in [1.82, 2.24) is 24.9 Å². The Hall–Kier alpha value is -3.80. The second kappa shape index (κ2) is 10.3. The molecule has 1 amide bonds. The van der Waals surface area contributed by atoms with E-state index >= 15 is 8.78 Å². The fourth-order valence-corrected chi connectivity index (χ4v) is 4.07. The minimum atomic E-state index is -3.22. The molecule has 12 heteroatoms. The lowest BCUT2D eigenvalue weighted by Crippen LogP contribution is -2.52. The zero-order chi connectivity index (χ0) is 26.8. The lowest BCUT2D eigenvalue weighted by molar-refractivity contribution is -0.106. The summed E-state index contributed by atoms with van der Waals surface area (Å²) >= 11 is 0. The summed E-state index contributed by atoms with van der Waals surface area (Å²) in [7, 11) is 1.52. The van der Waals surface area contributed by atoms with E-state index in [0.717, 1.165) is 4.90 Å². The van der Waals surface area contributed by atoms with Crippen LogP contribution in [0, 0.1) is 0 Å². The molecule has 4 rings (SSSR count). The minimum Gasteiger partial charge on any atom is -0.467 e. The summed E-state index contributed by atoms with van der Waals surface area (Å²) in [5.41, 5.74) is 7.48. The van der Waals surface area contributed by atoms with Crippen molar-refractivity contribution in [1.29, 1.82) is 0 Å². The Morgan fingerprint density at radius 3 is 2.68 bits per heavy atom. The lowest BCUT2D eigenvalue weighted by atomic mass is 10.0. The van der Waals surface area contributed by atoms with Crippen LogP contribution in [0.4, 0.5) is 19.4 Å². The van der Waals surface area contributed by atoms with Crippen molar-refractivity contribution in [3.8, 4) is 28.1 Å². The third-order valence-corrected chi connectivity index (χ3v) is 5.76. The largest absolute Gasteiger partial charge is 0.467 e. The molecule has 1 aliphatic heterocycles. The van der Waals surface area contributed by atoms with Crippen LogP contribution in [0.5, 0.6) is 5.75 Å². The normalized spacial score (nSPS) is 17.5. The Kier molecular flexibility index (Phi) is 7.30. The third kappa shape index (κ3) is 5.96. The number of alkyl halides is 2. The van der Waals surface area contributed by atoms with Gasteiger partial charge in [-0.05, 0) is 45.4 Å². The zero-order valence-corrected chi connectivity index (χ0v) is 21.1. The number of carbonyl (C=O) groups excluding carboxylic acids is 1. The first kappa shape index (κ1) is 26.3. The van der Waals surface area contributed by atoms with Crippen molar-refractivity contribution < 1.29 is 27.8 Å². The van der Waals surface area contributed by atoms with E-state index in [1.165, 1.54) is 24.2 Å². The first-order valence-corrected chi connectivity index (χ1v) is 11.7. The number of benzene rings is 1. The van der Waals surface area contributed by atoms with Gasteiger partial charge >= 0.3 is 6.09 Å². The molecule has 1 atom stereocenters. The Bertz CT molecular complexity index is 1260. The standard InChI is InChI=1S/C25H30F2N6O4/c1-24(2,3)37-23(34)32-10-9-21(25(26,27)14-32)33-13-16(12-29-33)18-11-19(30-31-22(18)28)17-7-5-6-8-20(17)36-15-35-4/h5-8,11-13,21H,9-10,14-15H2,1-4H3,(H2,28,31)/t21-/m1/s1. The van der Waals surface area contributed by atoms with E-state index in [2.05, 4.69) is 15.3 Å². The van der Waals surface area contributed by atoms with Crippen LogP contribution < -0.4 is 10.5 Å². The molecule has 3 aromatic rings. The highest BCUT2D eigenvalue weighted by Crippen LogP contribution is 2.38. The van der Waals surface area contributed by atoms with Gasteiger partial charge in [-0.3, -0.25) is 4.68 Å². The maximum absolute atomic E-state index is 15.1. The van der Waals surface area contributed by atoms with Crippen molar-refractivity contribution in [2.45, 2.75) is 44.8 Å². The second-order valence-corrected chi connectivity index (χ2v) is 9.75. The van der Waals surface area contributed by atoms with Gasteiger partial charge in [-0.15, -0.1) is 10.2 Å². The van der Waals surface area contributed by atoms with Crippen LogP contribution in [0.15, 0.2) is 42.7 Å². The fourth-order valence-electron chi connectivity index (χ4n) is 4.07. The minimum absolute atomic E-state index is 0.00685. The molecule has 0 radical (unpaired) electrons. The van der Waals surface area contributed by atoms with Gasteiger partial charge < -0.3 is 24.8 Å². The van der Waals surface area contributed by atoms with Crippen LogP contribution in [0.3, 0.4) is 0 Å². The van der Waals surface area contributed by atoms with Gasteiger partial charge in [0.05, 0.1) is 18.4 Å². The molecule has 2 N–H and O–H groups in total. The van der Waals surface area contributed by atoms with E-state index in [1.54, 1.807) is 32.9 Å². The molecule has 0 spiro atoms. The topological polar surface area (TPSA) is 118 Å². The number of nitrogen functional groups attached to an aromatic ring is 1. The van der Waals surface area contributed by atoms with Gasteiger partial charge in [-0.1, -0.05) is 12.1 Å². The lowest BCUT2D eigenvalue weighted by Gasteiger charge is -2.38. The second-order valence-electron chi connectivity index (χ2n) is 9.75. The molecule has 37 heavy (non-hydrogen) atoms. The van der Waals surface area contributed by atoms with E-state index in [-0.39, 0.29) is 25.6 Å². The Morgan fingerprint density at radius 2 is 1.97 bits per heavy atom. The van der Waals surface area contributed by atoms with Crippen molar-refractivity contribution in [2.75, 3.05) is 32.7 Å². The van der Waals surface area contributed by atoms with Gasteiger partial charge in [0.15, 0.2) is 12.6 Å². The number of aromatic nitrogens is 4. The Labute approximate surface area is 213 Å². The van der Waals surface area contributed by atoms with Crippen LogP contribution in [0.25, 0.3) is 22.4 Å². The summed E-state index contributed by atoms with van der Waals surface area (Å²) < 4.78 is 47.4. The number of methoxy groups -OCH3 is 1. The predicted octanol–water partition coefficient (Wildman–Crippen LogP) is 4.39. The van der Waals surface area contributed by atoms with Crippen molar-refractivity contribution in [2.24, 2.45) is 0 Å². The Balaban J connectivity index is 1.57. The van der Waals surface area contributed by atoms with Crippen LogP contribution in [-0.2, 0) is 9.47 Å². The number of hydrogen-bond acceptors (Lipinski definition) is 8. The van der Waals surface area contributed by atoms with Gasteiger partial charge in [0, 0.05) is 36.5 Å². The average molecular weight is 517 g/mol. The van der Waals surface area contributed by atoms with Crippen molar-refractivity contribution in [3.63, 3.8) is 0 Å². The highest BCUT2D eigenvalue weighted by atomic mass is 19.3. The first-order chi connectivity index (χ1) is 17.5. The maximum Gasteiger partial charge on any atom is 0.410 e. The van der Waals surface area contributed by atoms with Crippen LogP contribution in [-0.4, -0.2) is 69.5 Å². The molecule has 1 aliphatic rings. The Morgan fingerprint density at radius 1 is 1.22 bits per heavy atom. The number of nitrogens with zero attached hydrogens (tertiary/aromatic N) is 5. The summed E-state index contributed by atoms with van der Waals surface area (Å²) in [4.78, 5) is 13.3. The molecule has 198 valence electrons. The molecule has 10 nitrogen and oxygen atoms in total. The van der Waals surface area contributed by atoms with Crippen LogP contribution >= 0.6 is 0 Å². The highest BCUT2D eigenvalue weighted by Gasteiger charge is 2.48. The van der Waals surface area contributed by atoms with Crippen LogP contribution in [0.1, 0.15) is 33.2 Å². The monoisotopic (exact) mass is 516 g/mol. The zero-order valence-electron chi connectivity index (χ0n) is 21.1. The van der Waals surface area contributed by atoms with Gasteiger partial charge in [0.25, 0.3) is 5.92 Å². The molecule has 0 bridgehead atoms. The summed E-state index contributed by atoms with van der Waals surface area (Å²) in [5.74, 6) is -2.55. The number of nitrogens with two attached hydrogens (primary N) is 1. The van der Waals surface area contributed by atoms with Gasteiger partial charge in [-0.2, -0.15) is 5.10 Å². The summed E-state index contributed by atoms with van der Waals surface area (Å²) in [6.07, 6.45) is 2.21. The maximum atomic E-state index is 15.1. The highest BCUT2D eigenvalue weighted by molar-refractivity contribution is 5.78. The number of para-hydroxylation sites is 1. The summed E-state index contributed by atoms with van der Waals surface area (Å²) in [5, 5.41) is 12.4. The van der Waals surface area contributed by atoms with Gasteiger partial charge in [-0.25, -0.2) is 13.6 Å². The van der Waals surface area contributed by atoms with E-state index in [4.69, 9.17) is 19.9 Å². The molecule has 0 aliphatic carbocycles. The van der Waals surface area contributed by atoms with E-state index in [1.807, 2.05) is 18.2 Å². The van der Waals surface area contributed by atoms with E-state index < -0.39 is 30.2 Å². The molecular weight excluding hydrogens is 486 g/mol. The first-order valence-electron chi connectivity index (χ1n) is 11.7. The number of carbonyl (C=O) groups is 1. The number of anilines is 1. The number of hydrogen-bond donors (Lipinski definition) is 1. The van der Waals surface area contributed by atoms with Crippen LogP contribution in [0.2, 0.25) is 0 Å². The molecular formula is C25H30F2N6O4. The number of likely N-dealkylation sites (tertiary alicyclic amines) is 1. The van der Waals surface area contributed by atoms with Gasteiger partial charge in [0.1, 0.15) is 17.4 Å². The fraction of sp³-hybridized carbons (Fsp3) is 0.440. The molecule has 3 heterocycles. The third-order valence-electron chi connectivity index (χ3n) is 5.76. The number of halogens is 2.